The molecule has 0 fully saturated rings. The molecule has 0 amide bonds. The molecule has 0 bridgehead atoms. The summed E-state index contributed by atoms with van der Waals surface area (Å²) in [4.78, 5) is 0. The first-order chi connectivity index (χ1) is 66.8. The molecule has 6 heterocycles. The van der Waals surface area contributed by atoms with E-state index in [1.165, 1.54) is 76.1 Å². The molecule has 28 rings (SSSR count). The Kier molecular flexibility index (Phi) is 16.3. The summed E-state index contributed by atoms with van der Waals surface area (Å²) < 4.78 is 95.8. The Morgan fingerprint density at radius 3 is 0.870 bits per heavy atom. The van der Waals surface area contributed by atoms with Crippen molar-refractivity contribution >= 4 is 188 Å². The van der Waals surface area contributed by atoms with E-state index < -0.39 is 39.6 Å². The largest absolute Gasteiger partial charge is 0.309 e. The van der Waals surface area contributed by atoms with Crippen LogP contribution in [0.1, 0.15) is 6.85 Å². The van der Waals surface area contributed by atoms with E-state index in [0.29, 0.717) is 11.0 Å². The van der Waals surface area contributed by atoms with Crippen molar-refractivity contribution in [3.8, 4) is 72.7 Å². The third-order valence-corrected chi connectivity index (χ3v) is 37.0. The second kappa shape index (κ2) is 29.9. The standard InChI is InChI=1S/C48H30NOP.C44H28NOP.C30H20NOP/c50-51(32-17-2-1-3-18-32)44-28-13-11-20-34(44)40-29-30-43-46(48(40)51)41-25-10-12-27-42(41)49(43)47-38-23-8-6-21-36(38)45(37-22-7-9-24-39(37)47)35-26-14-16-31-15-4-5-19-33(31)35;46-47(30-17-5-2-6-18-30)40-26-14-12-19-31(40)36-27-28-39-42(44(36)47)37-24-11-13-25-38(37)45(39)43-34-22-9-7-20-32(34)41(29-15-3-1-4-16-29)33-21-8-10-23-35(33)43;32-33(22-13-5-2-6-14-22)28-18-10-8-15-23(28)24-19-20-27-29(30(24)33)25-16-7-9-17-26(25)31(27)21-11-3-1-4-12-21/h1-30H;1-28H;1-20H/i;;1D,3D,4D,11D,12D. The Morgan fingerprint density at radius 1 is 0.198 bits per heavy atom. The van der Waals surface area contributed by atoms with Crippen molar-refractivity contribution in [1.82, 2.24) is 13.7 Å². The lowest BCUT2D eigenvalue weighted by atomic mass is 9.88. The Hall–Kier alpha value is -15.8. The predicted octanol–water partition coefficient (Wildman–Crippen LogP) is 28.3. The first-order valence-electron chi connectivity index (χ1n) is 46.8. The summed E-state index contributed by atoms with van der Waals surface area (Å²) in [6.07, 6.45) is 0. The zero-order chi connectivity index (χ0) is 91.1. The molecule has 22 aromatic carbocycles. The summed E-state index contributed by atoms with van der Waals surface area (Å²) in [7, 11) is -9.69. The van der Waals surface area contributed by atoms with Crippen LogP contribution in [0.25, 0.3) is 192 Å². The Bertz CT molecular complexity index is 9480. The summed E-state index contributed by atoms with van der Waals surface area (Å²) in [5, 5.41) is 25.7. The zero-order valence-electron chi connectivity index (χ0n) is 75.6. The van der Waals surface area contributed by atoms with Gasteiger partial charge in [0, 0.05) is 107 Å². The Balaban J connectivity index is 0.000000107. The van der Waals surface area contributed by atoms with Crippen molar-refractivity contribution in [2.75, 3.05) is 0 Å². The maximum Gasteiger partial charge on any atom is 0.172 e. The second-order valence-corrected chi connectivity index (χ2v) is 42.0. The zero-order valence-corrected chi connectivity index (χ0v) is 73.2. The van der Waals surface area contributed by atoms with Crippen molar-refractivity contribution in [1.29, 1.82) is 0 Å². The molecule has 0 radical (unpaired) electrons. The van der Waals surface area contributed by atoms with Crippen LogP contribution in [-0.4, -0.2) is 13.7 Å². The number of hydrogen-bond donors (Lipinski definition) is 0. The first-order valence-corrected chi connectivity index (χ1v) is 49.4. The van der Waals surface area contributed by atoms with Crippen LogP contribution in [-0.2, 0) is 13.7 Å². The highest BCUT2D eigenvalue weighted by molar-refractivity contribution is 7.88. The molecule has 3 aromatic heterocycles. The second-order valence-electron chi connectivity index (χ2n) is 34.0. The number of fused-ring (bicyclic) bond motifs is 26. The average Bonchev–Trinajstić information content (AvgIpc) is 1.56. The van der Waals surface area contributed by atoms with Crippen LogP contribution in [0, 0.1) is 0 Å². The van der Waals surface area contributed by atoms with E-state index in [-0.39, 0.29) is 17.8 Å². The van der Waals surface area contributed by atoms with Gasteiger partial charge >= 0.3 is 0 Å². The van der Waals surface area contributed by atoms with Gasteiger partial charge in [-0.3, -0.25) is 0 Å². The highest BCUT2D eigenvalue weighted by atomic mass is 31.2. The van der Waals surface area contributed by atoms with Gasteiger partial charge in [0.2, 0.25) is 0 Å². The highest BCUT2D eigenvalue weighted by Gasteiger charge is 2.46. The van der Waals surface area contributed by atoms with E-state index in [0.717, 1.165) is 147 Å². The number of hydrogen-bond acceptors (Lipinski definition) is 3. The van der Waals surface area contributed by atoms with Crippen LogP contribution in [0.15, 0.2) is 473 Å². The van der Waals surface area contributed by atoms with Crippen LogP contribution in [0.4, 0.5) is 0 Å². The third kappa shape index (κ3) is 11.1. The Morgan fingerprint density at radius 2 is 0.481 bits per heavy atom. The quantitative estimate of drug-likeness (QED) is 0.112. The Labute approximate surface area is 763 Å². The summed E-state index contributed by atoms with van der Waals surface area (Å²) in [6.45, 7) is 0. The van der Waals surface area contributed by atoms with Crippen molar-refractivity contribution in [2.45, 2.75) is 0 Å². The van der Waals surface area contributed by atoms with Gasteiger partial charge in [-0.15, -0.1) is 0 Å². The van der Waals surface area contributed by atoms with Crippen molar-refractivity contribution < 1.29 is 20.5 Å². The molecule has 614 valence electrons. The molecule has 131 heavy (non-hydrogen) atoms. The van der Waals surface area contributed by atoms with Gasteiger partial charge < -0.3 is 27.4 Å². The highest BCUT2D eigenvalue weighted by Crippen LogP contribution is 2.60. The smallest absolute Gasteiger partial charge is 0.172 e. The van der Waals surface area contributed by atoms with E-state index >= 15 is 13.7 Å². The molecule has 3 aliphatic heterocycles. The van der Waals surface area contributed by atoms with E-state index in [1.807, 2.05) is 164 Å². The maximum absolute atomic E-state index is 16.0. The molecule has 9 heteroatoms. The molecule has 0 aliphatic carbocycles. The molecule has 0 saturated carbocycles. The van der Waals surface area contributed by atoms with Gasteiger partial charge in [0.15, 0.2) is 21.4 Å². The number of rotatable bonds is 8. The summed E-state index contributed by atoms with van der Waals surface area (Å²) in [6, 6.07) is 151. The van der Waals surface area contributed by atoms with Crippen molar-refractivity contribution in [3.63, 3.8) is 0 Å². The average molecular weight is 1730 g/mol. The lowest BCUT2D eigenvalue weighted by Crippen LogP contribution is -2.21. The van der Waals surface area contributed by atoms with Crippen molar-refractivity contribution in [3.05, 3.63) is 473 Å². The predicted molar refractivity (Wildman–Crippen MR) is 556 cm³/mol. The third-order valence-electron chi connectivity index (χ3n) is 27.4. The normalized spacial score (nSPS) is 16.2. The minimum atomic E-state index is -3.29. The SMILES string of the molecule is O=P1(c2ccccc2)c2ccccc2-c2ccc3c(c21)c1ccccc1n3-c1c2ccccc2c(-c2cccc3ccccc23)c2ccccc12.O=P1(c2ccccc2)c2ccccc2-c2ccc3c(c21)c1ccccc1n3-c1c2ccccc2c(-c2ccccc2)c2ccccc12.[2H]c1c([2H])c([2H])c(-n2c3ccccc3c3c4c(ccc32)-c2ccccc2P4(=O)c2ccccc2)c([2H])c1[2H]. The minimum Gasteiger partial charge on any atom is -0.309 e. The molecule has 3 unspecified atom stereocenters. The fourth-order valence-electron chi connectivity index (χ4n) is 22.2. The van der Waals surface area contributed by atoms with Gasteiger partial charge in [-0.1, -0.05) is 425 Å². The monoisotopic (exact) mass is 1730 g/mol. The number of aromatic nitrogens is 3. The van der Waals surface area contributed by atoms with Gasteiger partial charge in [-0.05, 0) is 136 Å². The van der Waals surface area contributed by atoms with Crippen LogP contribution < -0.4 is 47.7 Å². The van der Waals surface area contributed by atoms with Crippen LogP contribution in [0.3, 0.4) is 0 Å². The van der Waals surface area contributed by atoms with E-state index in [9.17, 15) is 0 Å². The molecular formula is C122H78N3O3P3. The molecule has 6 nitrogen and oxygen atoms in total. The van der Waals surface area contributed by atoms with Gasteiger partial charge in [-0.25, -0.2) is 0 Å². The topological polar surface area (TPSA) is 66.0 Å². The fourth-order valence-corrected chi connectivity index (χ4v) is 32.0. The van der Waals surface area contributed by atoms with Crippen LogP contribution in [0.5, 0.6) is 0 Å². The first kappa shape index (κ1) is 71.3. The summed E-state index contributed by atoms with van der Waals surface area (Å²) >= 11 is 0. The molecule has 3 atom stereocenters. The molecule has 3 aliphatic rings. The van der Waals surface area contributed by atoms with Gasteiger partial charge in [-0.2, -0.15) is 0 Å². The van der Waals surface area contributed by atoms with Gasteiger partial charge in [0.25, 0.3) is 0 Å². The molecule has 0 N–H and O–H groups in total. The van der Waals surface area contributed by atoms with Crippen LogP contribution >= 0.6 is 21.4 Å². The van der Waals surface area contributed by atoms with Crippen LogP contribution in [0.2, 0.25) is 0 Å². The van der Waals surface area contributed by atoms with Crippen molar-refractivity contribution in [2.24, 2.45) is 0 Å². The number of nitrogens with zero attached hydrogens (tertiary/aromatic N) is 3. The number of benzene rings is 22. The lowest BCUT2D eigenvalue weighted by Gasteiger charge is -2.20. The van der Waals surface area contributed by atoms with E-state index in [4.69, 9.17) is 6.85 Å². The minimum absolute atomic E-state index is 0.0761. The molecule has 0 saturated heterocycles. The lowest BCUT2D eigenvalue weighted by molar-refractivity contribution is 0.592. The fraction of sp³-hybridized carbons (Fsp3) is 0. The number of para-hydroxylation sites is 4. The molecular weight excluding hydrogens is 1650 g/mol. The summed E-state index contributed by atoms with van der Waals surface area (Å²) in [5.74, 6) is 0. The molecule has 25 aromatic rings. The van der Waals surface area contributed by atoms with E-state index in [1.54, 1.807) is 4.57 Å². The van der Waals surface area contributed by atoms with Gasteiger partial charge in [0.1, 0.15) is 0 Å². The van der Waals surface area contributed by atoms with E-state index in [2.05, 4.69) is 288 Å². The van der Waals surface area contributed by atoms with Gasteiger partial charge in [0.05, 0.1) is 51.3 Å². The summed E-state index contributed by atoms with van der Waals surface area (Å²) in [5.41, 5.74) is 19.0. The maximum atomic E-state index is 16.0. The molecule has 0 spiro atoms.